The maximum Gasteiger partial charge on any atom is 0.358 e. The first-order valence-corrected chi connectivity index (χ1v) is 6.00. The van der Waals surface area contributed by atoms with Crippen LogP contribution in [0.2, 0.25) is 0 Å². The Kier molecular flexibility index (Phi) is 3.79. The molecule has 20 heavy (non-hydrogen) atoms. The maximum atomic E-state index is 12.1. The molecule has 1 atom stereocenters. The van der Waals surface area contributed by atoms with Crippen molar-refractivity contribution in [3.8, 4) is 0 Å². The predicted octanol–water partition coefficient (Wildman–Crippen LogP) is 1.48. The lowest BCUT2D eigenvalue weighted by Crippen LogP contribution is -2.24. The Labute approximate surface area is 115 Å². The van der Waals surface area contributed by atoms with Gasteiger partial charge >= 0.3 is 5.97 Å². The molecular weight excluding hydrogens is 260 g/mol. The largest absolute Gasteiger partial charge is 0.476 e. The van der Waals surface area contributed by atoms with E-state index in [1.807, 2.05) is 25.1 Å². The first-order valence-electron chi connectivity index (χ1n) is 6.00. The second kappa shape index (κ2) is 5.52. The minimum atomic E-state index is -1.18. The van der Waals surface area contributed by atoms with Gasteiger partial charge in [0, 0.05) is 5.69 Å². The van der Waals surface area contributed by atoms with Crippen molar-refractivity contribution < 1.29 is 14.7 Å². The molecule has 0 aliphatic carbocycles. The fraction of sp³-hybridized carbons (Fsp3) is 0.231. The van der Waals surface area contributed by atoms with Crippen LogP contribution in [0.25, 0.3) is 0 Å². The van der Waals surface area contributed by atoms with Gasteiger partial charge in [-0.1, -0.05) is 23.4 Å². The number of anilines is 1. The monoisotopic (exact) mass is 274 g/mol. The van der Waals surface area contributed by atoms with Crippen molar-refractivity contribution in [2.45, 2.75) is 19.9 Å². The van der Waals surface area contributed by atoms with Crippen molar-refractivity contribution in [3.05, 3.63) is 41.7 Å². The number of aromatic nitrogens is 3. The van der Waals surface area contributed by atoms with E-state index in [4.69, 9.17) is 5.11 Å². The minimum absolute atomic E-state index is 0.194. The normalized spacial score (nSPS) is 11.9. The second-order valence-corrected chi connectivity index (χ2v) is 4.37. The van der Waals surface area contributed by atoms with Gasteiger partial charge in [0.1, 0.15) is 6.04 Å². The molecule has 0 saturated heterocycles. The zero-order valence-corrected chi connectivity index (χ0v) is 11.1. The highest BCUT2D eigenvalue weighted by Crippen LogP contribution is 2.15. The third-order valence-corrected chi connectivity index (χ3v) is 2.91. The van der Waals surface area contributed by atoms with Crippen LogP contribution in [0.3, 0.4) is 0 Å². The van der Waals surface area contributed by atoms with Crippen molar-refractivity contribution in [2.24, 2.45) is 0 Å². The van der Waals surface area contributed by atoms with Gasteiger partial charge in [0.15, 0.2) is 5.69 Å². The summed E-state index contributed by atoms with van der Waals surface area (Å²) in [6, 6.07) is 6.73. The highest BCUT2D eigenvalue weighted by molar-refractivity contribution is 5.94. The molecule has 2 aromatic rings. The molecule has 0 saturated carbocycles. The van der Waals surface area contributed by atoms with Crippen LogP contribution in [0.5, 0.6) is 0 Å². The number of nitrogens with zero attached hydrogens (tertiary/aromatic N) is 3. The van der Waals surface area contributed by atoms with E-state index in [0.717, 1.165) is 5.56 Å². The maximum absolute atomic E-state index is 12.1. The summed E-state index contributed by atoms with van der Waals surface area (Å²) in [4.78, 5) is 22.8. The number of hydrogen-bond donors (Lipinski definition) is 2. The number of nitrogens with one attached hydrogen (secondary N) is 1. The van der Waals surface area contributed by atoms with E-state index in [1.54, 1.807) is 13.0 Å². The molecule has 0 fully saturated rings. The molecule has 2 rings (SSSR count). The fourth-order valence-corrected chi connectivity index (χ4v) is 1.63. The van der Waals surface area contributed by atoms with Crippen LogP contribution in [0.15, 0.2) is 30.5 Å². The molecule has 104 valence electrons. The van der Waals surface area contributed by atoms with Crippen molar-refractivity contribution in [2.75, 3.05) is 5.32 Å². The Balaban J connectivity index is 2.12. The van der Waals surface area contributed by atoms with Gasteiger partial charge in [0.05, 0.1) is 6.20 Å². The average molecular weight is 274 g/mol. The van der Waals surface area contributed by atoms with Gasteiger partial charge in [-0.25, -0.2) is 9.48 Å². The second-order valence-electron chi connectivity index (χ2n) is 4.37. The number of hydrogen-bond acceptors (Lipinski definition) is 4. The molecule has 1 aromatic carbocycles. The average Bonchev–Trinajstić information content (AvgIpc) is 2.90. The molecule has 0 aliphatic rings. The lowest BCUT2D eigenvalue weighted by molar-refractivity contribution is -0.119. The number of amides is 1. The van der Waals surface area contributed by atoms with E-state index < -0.39 is 12.0 Å². The molecule has 7 heteroatoms. The van der Waals surface area contributed by atoms with Crippen LogP contribution < -0.4 is 5.32 Å². The number of carbonyl (C=O) groups excluding carboxylic acids is 1. The summed E-state index contributed by atoms with van der Waals surface area (Å²) in [5.74, 6) is -1.47. The van der Waals surface area contributed by atoms with Gasteiger partial charge in [-0.05, 0) is 25.5 Å². The smallest absolute Gasteiger partial charge is 0.358 e. The van der Waals surface area contributed by atoms with Gasteiger partial charge in [-0.3, -0.25) is 4.79 Å². The van der Waals surface area contributed by atoms with E-state index in [1.165, 1.54) is 10.9 Å². The Morgan fingerprint density at radius 2 is 2.05 bits per heavy atom. The van der Waals surface area contributed by atoms with E-state index in [2.05, 4.69) is 15.6 Å². The number of carboxylic acids is 1. The van der Waals surface area contributed by atoms with E-state index in [0.29, 0.717) is 5.69 Å². The van der Waals surface area contributed by atoms with Crippen LogP contribution >= 0.6 is 0 Å². The van der Waals surface area contributed by atoms with Gasteiger partial charge in [-0.2, -0.15) is 0 Å². The van der Waals surface area contributed by atoms with Gasteiger partial charge in [0.2, 0.25) is 5.91 Å². The Bertz CT molecular complexity index is 651. The molecular formula is C13H14N4O3. The van der Waals surface area contributed by atoms with Crippen molar-refractivity contribution in [1.82, 2.24) is 15.0 Å². The van der Waals surface area contributed by atoms with Crippen molar-refractivity contribution in [1.29, 1.82) is 0 Å². The van der Waals surface area contributed by atoms with Gasteiger partial charge in [-0.15, -0.1) is 5.10 Å². The minimum Gasteiger partial charge on any atom is -0.476 e. The zero-order valence-electron chi connectivity index (χ0n) is 11.1. The third-order valence-electron chi connectivity index (χ3n) is 2.91. The number of carboxylic acid groups (broad SMARTS) is 1. The molecule has 1 heterocycles. The fourth-order valence-electron chi connectivity index (χ4n) is 1.63. The zero-order chi connectivity index (χ0) is 14.7. The van der Waals surface area contributed by atoms with Crippen molar-refractivity contribution >= 4 is 17.6 Å². The van der Waals surface area contributed by atoms with E-state index in [9.17, 15) is 9.59 Å². The number of aromatic carboxylic acids is 1. The quantitative estimate of drug-likeness (QED) is 0.880. The molecule has 2 N–H and O–H groups in total. The first-order chi connectivity index (χ1) is 9.49. The summed E-state index contributed by atoms with van der Waals surface area (Å²) in [6.45, 7) is 3.51. The Morgan fingerprint density at radius 3 is 2.65 bits per heavy atom. The number of carbonyl (C=O) groups is 2. The predicted molar refractivity (Wildman–Crippen MR) is 71.5 cm³/mol. The molecule has 1 amide bonds. The molecule has 7 nitrogen and oxygen atoms in total. The number of rotatable bonds is 4. The topological polar surface area (TPSA) is 97.1 Å². The van der Waals surface area contributed by atoms with Gasteiger partial charge < -0.3 is 10.4 Å². The lowest BCUT2D eigenvalue weighted by atomic mass is 10.2. The molecule has 1 aromatic heterocycles. The SMILES string of the molecule is Cc1ccccc1NC(=O)C(C)n1cc(C(=O)O)nn1. The van der Waals surface area contributed by atoms with Crippen molar-refractivity contribution in [3.63, 3.8) is 0 Å². The molecule has 0 aliphatic heterocycles. The summed E-state index contributed by atoms with van der Waals surface area (Å²) in [5.41, 5.74) is 1.46. The van der Waals surface area contributed by atoms with Crippen LogP contribution in [-0.2, 0) is 4.79 Å². The number of para-hydroxylation sites is 1. The summed E-state index contributed by atoms with van der Waals surface area (Å²) in [7, 11) is 0. The highest BCUT2D eigenvalue weighted by Gasteiger charge is 2.19. The molecule has 0 bridgehead atoms. The summed E-state index contributed by atoms with van der Waals surface area (Å²) in [5, 5.41) is 18.7. The summed E-state index contributed by atoms with van der Waals surface area (Å²) < 4.78 is 1.22. The van der Waals surface area contributed by atoms with Crippen LogP contribution in [-0.4, -0.2) is 32.0 Å². The molecule has 0 spiro atoms. The Hall–Kier alpha value is -2.70. The molecule has 0 radical (unpaired) electrons. The van der Waals surface area contributed by atoms with Gasteiger partial charge in [0.25, 0.3) is 0 Å². The summed E-state index contributed by atoms with van der Waals surface area (Å²) >= 11 is 0. The standard InChI is InChI=1S/C13H14N4O3/c1-8-5-3-4-6-10(8)14-12(18)9(2)17-7-11(13(19)20)15-16-17/h3-7,9H,1-2H3,(H,14,18)(H,19,20). The lowest BCUT2D eigenvalue weighted by Gasteiger charge is -2.13. The highest BCUT2D eigenvalue weighted by atomic mass is 16.4. The summed E-state index contributed by atoms with van der Waals surface area (Å²) in [6.07, 6.45) is 1.23. The van der Waals surface area contributed by atoms with Crippen LogP contribution in [0.4, 0.5) is 5.69 Å². The van der Waals surface area contributed by atoms with E-state index in [-0.39, 0.29) is 11.6 Å². The number of aryl methyl sites for hydroxylation is 1. The van der Waals surface area contributed by atoms with Crippen LogP contribution in [0.1, 0.15) is 29.0 Å². The third kappa shape index (κ3) is 2.82. The van der Waals surface area contributed by atoms with Crippen LogP contribution in [0, 0.1) is 6.92 Å². The number of benzene rings is 1. The van der Waals surface area contributed by atoms with E-state index >= 15 is 0 Å². The molecule has 1 unspecified atom stereocenters. The Morgan fingerprint density at radius 1 is 1.35 bits per heavy atom. The first kappa shape index (κ1) is 13.7.